The number of aromatic nitrogens is 2. The number of amides is 1. The maximum atomic E-state index is 11.1. The molecule has 1 amide bonds. The Labute approximate surface area is 268 Å². The van der Waals surface area contributed by atoms with E-state index in [1.807, 2.05) is 85.1 Å². The predicted octanol–water partition coefficient (Wildman–Crippen LogP) is 9.06. The molecule has 0 radical (unpaired) electrons. The Morgan fingerprint density at radius 3 is 2.18 bits per heavy atom. The van der Waals surface area contributed by atoms with E-state index in [0.29, 0.717) is 16.6 Å². The van der Waals surface area contributed by atoms with E-state index < -0.39 is 5.91 Å². The normalized spacial score (nSPS) is 11.6. The fraction of sp³-hybridized carbons (Fsp3) is 0.167. The molecule has 5 rings (SSSR count). The summed E-state index contributed by atoms with van der Waals surface area (Å²) in [6.45, 7) is 7.24. The lowest BCUT2D eigenvalue weighted by molar-refractivity contribution is -0.116. The van der Waals surface area contributed by atoms with Gasteiger partial charge in [0.1, 0.15) is 17.3 Å². The number of hydrogen-bond acceptors (Lipinski definition) is 4. The first-order valence-corrected chi connectivity index (χ1v) is 15.0. The SMILES string of the molecule is CC(C)(C)c1ccc(Oc2ccc(/C=C/c3nc(-c4ccc(Cl)cc4Cl)cn3Cc3ccc(NCC(N)=O)cc3)cc2)cc1. The van der Waals surface area contributed by atoms with E-state index in [2.05, 4.69) is 42.8 Å². The number of anilines is 1. The first-order chi connectivity index (χ1) is 21.0. The average Bonchev–Trinajstić information content (AvgIpc) is 3.38. The first-order valence-electron chi connectivity index (χ1n) is 14.2. The Morgan fingerprint density at radius 1 is 0.909 bits per heavy atom. The zero-order valence-corrected chi connectivity index (χ0v) is 26.4. The van der Waals surface area contributed by atoms with Crippen LogP contribution in [-0.4, -0.2) is 22.0 Å². The van der Waals surface area contributed by atoms with E-state index in [0.717, 1.165) is 45.4 Å². The first kappa shape index (κ1) is 30.9. The summed E-state index contributed by atoms with van der Waals surface area (Å²) in [5.74, 6) is 1.92. The van der Waals surface area contributed by atoms with E-state index in [4.69, 9.17) is 38.7 Å². The number of nitrogens with two attached hydrogens (primary N) is 1. The summed E-state index contributed by atoms with van der Waals surface area (Å²) >= 11 is 12.7. The Bertz CT molecular complexity index is 1770. The smallest absolute Gasteiger partial charge is 0.236 e. The number of nitrogens with one attached hydrogen (secondary N) is 1. The van der Waals surface area contributed by atoms with Crippen molar-refractivity contribution < 1.29 is 9.53 Å². The summed E-state index contributed by atoms with van der Waals surface area (Å²) in [4.78, 5) is 16.0. The molecule has 0 fully saturated rings. The van der Waals surface area contributed by atoms with Gasteiger partial charge < -0.3 is 20.4 Å². The number of carbonyl (C=O) groups is 1. The maximum Gasteiger partial charge on any atom is 0.236 e. The molecule has 0 aliphatic heterocycles. The number of ether oxygens (including phenoxy) is 1. The predicted molar refractivity (Wildman–Crippen MR) is 181 cm³/mol. The molecule has 3 N–H and O–H groups in total. The van der Waals surface area contributed by atoms with Crippen LogP contribution >= 0.6 is 23.2 Å². The van der Waals surface area contributed by atoms with Crippen molar-refractivity contribution in [2.24, 2.45) is 5.73 Å². The van der Waals surface area contributed by atoms with Crippen LogP contribution in [0.3, 0.4) is 0 Å². The van der Waals surface area contributed by atoms with Gasteiger partial charge in [-0.1, -0.05) is 86.4 Å². The van der Waals surface area contributed by atoms with E-state index in [1.165, 1.54) is 5.56 Å². The van der Waals surface area contributed by atoms with Gasteiger partial charge in [0.05, 0.1) is 17.3 Å². The molecule has 0 atom stereocenters. The molecule has 8 heteroatoms. The van der Waals surface area contributed by atoms with E-state index >= 15 is 0 Å². The van der Waals surface area contributed by atoms with Crippen LogP contribution in [0.2, 0.25) is 10.0 Å². The lowest BCUT2D eigenvalue weighted by atomic mass is 9.87. The van der Waals surface area contributed by atoms with E-state index in [1.54, 1.807) is 12.1 Å². The monoisotopic (exact) mass is 624 g/mol. The third kappa shape index (κ3) is 8.10. The molecule has 5 aromatic rings. The minimum absolute atomic E-state index is 0.0820. The standard InChI is InChI=1S/C36H34Cl2N4O2/c1-36(2,3)26-9-16-30(17-10-26)44-29-14-6-24(7-15-29)8-19-35-41-33(31-18-11-27(37)20-32(31)38)23-42(35)22-25-4-12-28(13-5-25)40-21-34(39)43/h4-20,23,40H,21-22H2,1-3H3,(H2,39,43)/b19-8+. The summed E-state index contributed by atoms with van der Waals surface area (Å²) in [6.07, 6.45) is 5.98. The molecular formula is C36H34Cl2N4O2. The Hall–Kier alpha value is -4.52. The molecule has 1 heterocycles. The summed E-state index contributed by atoms with van der Waals surface area (Å²) < 4.78 is 8.14. The third-order valence-electron chi connectivity index (χ3n) is 7.05. The summed E-state index contributed by atoms with van der Waals surface area (Å²) in [5, 5.41) is 4.11. The van der Waals surface area contributed by atoms with Crippen molar-refractivity contribution in [3.05, 3.63) is 130 Å². The van der Waals surface area contributed by atoms with E-state index in [9.17, 15) is 4.79 Å². The van der Waals surface area contributed by atoms with Gasteiger partial charge >= 0.3 is 0 Å². The minimum Gasteiger partial charge on any atom is -0.457 e. The number of primary amides is 1. The molecule has 1 aromatic heterocycles. The molecule has 0 saturated heterocycles. The van der Waals surface area contributed by atoms with Crippen LogP contribution < -0.4 is 15.8 Å². The van der Waals surface area contributed by atoms with Crippen molar-refractivity contribution in [2.45, 2.75) is 32.7 Å². The minimum atomic E-state index is -0.412. The van der Waals surface area contributed by atoms with Gasteiger partial charge in [0, 0.05) is 29.0 Å². The van der Waals surface area contributed by atoms with Crippen molar-refractivity contribution in [2.75, 3.05) is 11.9 Å². The fourth-order valence-corrected chi connectivity index (χ4v) is 5.11. The molecule has 4 aromatic carbocycles. The topological polar surface area (TPSA) is 82.2 Å². The number of carbonyl (C=O) groups excluding carboxylic acids is 1. The molecule has 44 heavy (non-hydrogen) atoms. The van der Waals surface area contributed by atoms with E-state index in [-0.39, 0.29) is 12.0 Å². The Kier molecular flexibility index (Phi) is 9.43. The van der Waals surface area contributed by atoms with Gasteiger partial charge in [-0.25, -0.2) is 4.98 Å². The highest BCUT2D eigenvalue weighted by Crippen LogP contribution is 2.31. The van der Waals surface area contributed by atoms with Crippen molar-refractivity contribution in [1.82, 2.24) is 9.55 Å². The highest BCUT2D eigenvalue weighted by atomic mass is 35.5. The molecule has 0 bridgehead atoms. The molecule has 0 unspecified atom stereocenters. The number of hydrogen-bond donors (Lipinski definition) is 2. The highest BCUT2D eigenvalue weighted by molar-refractivity contribution is 6.36. The van der Waals surface area contributed by atoms with Gasteiger partial charge in [0.25, 0.3) is 0 Å². The second-order valence-corrected chi connectivity index (χ2v) is 12.4. The Balaban J connectivity index is 1.35. The van der Waals surface area contributed by atoms with Gasteiger partial charge in [0.2, 0.25) is 5.91 Å². The zero-order valence-electron chi connectivity index (χ0n) is 24.9. The van der Waals surface area contributed by atoms with Crippen LogP contribution in [0.5, 0.6) is 11.5 Å². The van der Waals surface area contributed by atoms with Gasteiger partial charge in [-0.2, -0.15) is 0 Å². The van der Waals surface area contributed by atoms with Crippen molar-refractivity contribution in [3.63, 3.8) is 0 Å². The highest BCUT2D eigenvalue weighted by Gasteiger charge is 2.14. The van der Waals surface area contributed by atoms with Gasteiger partial charge in [-0.05, 0) is 82.8 Å². The van der Waals surface area contributed by atoms with Crippen LogP contribution in [0.15, 0.2) is 97.2 Å². The molecule has 0 aliphatic rings. The van der Waals surface area contributed by atoms with Gasteiger partial charge in [-0.3, -0.25) is 4.79 Å². The van der Waals surface area contributed by atoms with Crippen LogP contribution in [0.4, 0.5) is 5.69 Å². The number of rotatable bonds is 10. The summed E-state index contributed by atoms with van der Waals surface area (Å²) in [5.41, 5.74) is 11.0. The van der Waals surface area contributed by atoms with Crippen molar-refractivity contribution in [1.29, 1.82) is 0 Å². The average molecular weight is 626 g/mol. The number of imidazole rings is 1. The molecular weight excluding hydrogens is 591 g/mol. The van der Waals surface area contributed by atoms with Crippen LogP contribution in [-0.2, 0) is 16.8 Å². The van der Waals surface area contributed by atoms with Crippen molar-refractivity contribution >= 4 is 46.9 Å². The zero-order chi connectivity index (χ0) is 31.3. The molecule has 224 valence electrons. The van der Waals surface area contributed by atoms with Crippen LogP contribution in [0.1, 0.15) is 43.3 Å². The van der Waals surface area contributed by atoms with Crippen LogP contribution in [0, 0.1) is 0 Å². The molecule has 0 spiro atoms. The number of halogens is 2. The lowest BCUT2D eigenvalue weighted by Gasteiger charge is -2.19. The molecule has 6 nitrogen and oxygen atoms in total. The second kappa shape index (κ2) is 13.4. The molecule has 0 aliphatic carbocycles. The Morgan fingerprint density at radius 2 is 1.57 bits per heavy atom. The maximum absolute atomic E-state index is 11.1. The number of benzene rings is 4. The quantitative estimate of drug-likeness (QED) is 0.162. The van der Waals surface area contributed by atoms with Gasteiger partial charge in [0.15, 0.2) is 0 Å². The summed E-state index contributed by atoms with van der Waals surface area (Å²) in [6, 6.07) is 29.4. The van der Waals surface area contributed by atoms with Crippen LogP contribution in [0.25, 0.3) is 23.4 Å². The third-order valence-corrected chi connectivity index (χ3v) is 7.60. The fourth-order valence-electron chi connectivity index (χ4n) is 4.61. The largest absolute Gasteiger partial charge is 0.457 e. The van der Waals surface area contributed by atoms with Gasteiger partial charge in [-0.15, -0.1) is 0 Å². The van der Waals surface area contributed by atoms with Crippen molar-refractivity contribution in [3.8, 4) is 22.8 Å². The number of nitrogens with zero attached hydrogens (tertiary/aromatic N) is 2. The second-order valence-electron chi connectivity index (χ2n) is 11.5. The molecule has 0 saturated carbocycles. The summed E-state index contributed by atoms with van der Waals surface area (Å²) in [7, 11) is 0. The lowest BCUT2D eigenvalue weighted by Crippen LogP contribution is -2.21.